The molecule has 0 aliphatic carbocycles. The molecular weight excluding hydrogens is 190 g/mol. The van der Waals surface area contributed by atoms with Crippen LogP contribution in [0.4, 0.5) is 0 Å². The molecule has 0 aliphatic heterocycles. The fraction of sp³-hybridized carbons (Fsp3) is 0.727. The Hall–Kier alpha value is -0.870. The van der Waals surface area contributed by atoms with Crippen molar-refractivity contribution in [2.45, 2.75) is 33.4 Å². The highest BCUT2D eigenvalue weighted by Gasteiger charge is 1.97. The smallest absolute Gasteiger partial charge is 0.0662 e. The van der Waals surface area contributed by atoms with E-state index in [4.69, 9.17) is 4.74 Å². The number of nitrogens with one attached hydrogen (secondary N) is 1. The molecule has 4 heteroatoms. The van der Waals surface area contributed by atoms with Crippen LogP contribution in [0.1, 0.15) is 25.8 Å². The van der Waals surface area contributed by atoms with Gasteiger partial charge in [-0.1, -0.05) is 6.92 Å². The summed E-state index contributed by atoms with van der Waals surface area (Å²) in [7, 11) is 0. The molecule has 1 aromatic heterocycles. The molecule has 0 saturated carbocycles. The quantitative estimate of drug-likeness (QED) is 0.661. The largest absolute Gasteiger partial charge is 0.380 e. The van der Waals surface area contributed by atoms with Gasteiger partial charge in [0.15, 0.2) is 0 Å². The van der Waals surface area contributed by atoms with Crippen LogP contribution < -0.4 is 5.32 Å². The van der Waals surface area contributed by atoms with E-state index in [-0.39, 0.29) is 0 Å². The lowest BCUT2D eigenvalue weighted by Crippen LogP contribution is -2.13. The summed E-state index contributed by atoms with van der Waals surface area (Å²) in [5.74, 6) is 0. The number of ether oxygens (including phenoxy) is 1. The van der Waals surface area contributed by atoms with Gasteiger partial charge in [-0.05, 0) is 19.9 Å². The van der Waals surface area contributed by atoms with Crippen molar-refractivity contribution in [3.05, 3.63) is 18.0 Å². The summed E-state index contributed by atoms with van der Waals surface area (Å²) in [5, 5.41) is 7.61. The molecule has 0 spiro atoms. The van der Waals surface area contributed by atoms with Gasteiger partial charge < -0.3 is 10.1 Å². The average molecular weight is 211 g/mol. The minimum Gasteiger partial charge on any atom is -0.380 e. The second kappa shape index (κ2) is 7.43. The molecule has 0 unspecified atom stereocenters. The fourth-order valence-corrected chi connectivity index (χ4v) is 1.33. The van der Waals surface area contributed by atoms with Crippen molar-refractivity contribution in [1.29, 1.82) is 0 Å². The summed E-state index contributed by atoms with van der Waals surface area (Å²) in [6.07, 6.45) is 5.15. The molecule has 1 heterocycles. The molecular formula is C11H21N3O. The number of hydrogen-bond donors (Lipinski definition) is 1. The third-order valence-electron chi connectivity index (χ3n) is 2.11. The normalized spacial score (nSPS) is 10.8. The second-order valence-electron chi connectivity index (χ2n) is 3.49. The summed E-state index contributed by atoms with van der Waals surface area (Å²) in [6.45, 7) is 8.47. The molecule has 0 saturated heterocycles. The molecule has 0 aromatic carbocycles. The van der Waals surface area contributed by atoms with E-state index >= 15 is 0 Å². The van der Waals surface area contributed by atoms with E-state index in [1.807, 2.05) is 17.8 Å². The van der Waals surface area contributed by atoms with Crippen LogP contribution in [-0.2, 0) is 17.8 Å². The maximum absolute atomic E-state index is 5.27. The van der Waals surface area contributed by atoms with Crippen LogP contribution in [0.25, 0.3) is 0 Å². The van der Waals surface area contributed by atoms with Crippen LogP contribution in [0.3, 0.4) is 0 Å². The van der Waals surface area contributed by atoms with E-state index < -0.39 is 0 Å². The molecule has 0 aliphatic rings. The zero-order valence-corrected chi connectivity index (χ0v) is 9.70. The van der Waals surface area contributed by atoms with Gasteiger partial charge in [0.1, 0.15) is 0 Å². The van der Waals surface area contributed by atoms with Crippen LogP contribution in [0, 0.1) is 0 Å². The molecule has 1 aromatic rings. The van der Waals surface area contributed by atoms with Crippen molar-refractivity contribution in [2.75, 3.05) is 19.8 Å². The number of nitrogens with zero attached hydrogens (tertiary/aromatic N) is 2. The minimum atomic E-state index is 0.736. The van der Waals surface area contributed by atoms with E-state index in [1.165, 1.54) is 12.0 Å². The Labute approximate surface area is 91.6 Å². The van der Waals surface area contributed by atoms with Gasteiger partial charge >= 0.3 is 0 Å². The first-order valence-corrected chi connectivity index (χ1v) is 5.66. The SMILES string of the molecule is CCCNCc1cnn(CCOCC)c1. The number of aromatic nitrogens is 2. The van der Waals surface area contributed by atoms with Gasteiger partial charge in [0.25, 0.3) is 0 Å². The van der Waals surface area contributed by atoms with Crippen LogP contribution >= 0.6 is 0 Å². The van der Waals surface area contributed by atoms with E-state index in [2.05, 4.69) is 23.5 Å². The zero-order chi connectivity index (χ0) is 10.9. The Balaban J connectivity index is 2.23. The molecule has 4 nitrogen and oxygen atoms in total. The van der Waals surface area contributed by atoms with Crippen LogP contribution in [0.2, 0.25) is 0 Å². The summed E-state index contributed by atoms with van der Waals surface area (Å²) >= 11 is 0. The third kappa shape index (κ3) is 4.95. The highest BCUT2D eigenvalue weighted by Crippen LogP contribution is 1.97. The number of hydrogen-bond acceptors (Lipinski definition) is 3. The second-order valence-corrected chi connectivity index (χ2v) is 3.49. The van der Waals surface area contributed by atoms with E-state index in [9.17, 15) is 0 Å². The Bertz CT molecular complexity index is 236. The maximum Gasteiger partial charge on any atom is 0.0662 e. The molecule has 0 radical (unpaired) electrons. The molecule has 1 rings (SSSR count). The Morgan fingerprint density at radius 1 is 1.47 bits per heavy atom. The van der Waals surface area contributed by atoms with Crippen molar-refractivity contribution in [3.8, 4) is 0 Å². The molecule has 0 fully saturated rings. The zero-order valence-electron chi connectivity index (χ0n) is 9.70. The molecule has 0 atom stereocenters. The summed E-state index contributed by atoms with van der Waals surface area (Å²) in [6, 6.07) is 0. The first kappa shape index (κ1) is 12.2. The standard InChI is InChI=1S/C11H21N3O/c1-3-5-12-8-11-9-13-14(10-11)6-7-15-4-2/h9-10,12H,3-8H2,1-2H3. The van der Waals surface area contributed by atoms with Gasteiger partial charge in [-0.3, -0.25) is 4.68 Å². The molecule has 1 N–H and O–H groups in total. The van der Waals surface area contributed by atoms with Gasteiger partial charge in [-0.25, -0.2) is 0 Å². The maximum atomic E-state index is 5.27. The van der Waals surface area contributed by atoms with Crippen LogP contribution in [0.5, 0.6) is 0 Å². The van der Waals surface area contributed by atoms with Crippen LogP contribution in [0.15, 0.2) is 12.4 Å². The van der Waals surface area contributed by atoms with E-state index in [1.54, 1.807) is 0 Å². The summed E-state index contributed by atoms with van der Waals surface area (Å²) in [5.41, 5.74) is 1.24. The summed E-state index contributed by atoms with van der Waals surface area (Å²) < 4.78 is 7.20. The summed E-state index contributed by atoms with van der Waals surface area (Å²) in [4.78, 5) is 0. The van der Waals surface area contributed by atoms with Crippen molar-refractivity contribution < 1.29 is 4.74 Å². The topological polar surface area (TPSA) is 39.1 Å². The van der Waals surface area contributed by atoms with E-state index in [0.717, 1.165) is 32.8 Å². The monoisotopic (exact) mass is 211 g/mol. The first-order chi connectivity index (χ1) is 7.36. The van der Waals surface area contributed by atoms with Crippen molar-refractivity contribution in [2.24, 2.45) is 0 Å². The molecule has 0 bridgehead atoms. The Morgan fingerprint density at radius 3 is 3.07 bits per heavy atom. The van der Waals surface area contributed by atoms with Gasteiger partial charge in [0.05, 0.1) is 19.3 Å². The Kier molecular flexibility index (Phi) is 6.04. The number of rotatable bonds is 8. The van der Waals surface area contributed by atoms with Crippen molar-refractivity contribution in [3.63, 3.8) is 0 Å². The van der Waals surface area contributed by atoms with Gasteiger partial charge in [-0.2, -0.15) is 5.10 Å². The third-order valence-corrected chi connectivity index (χ3v) is 2.11. The lowest BCUT2D eigenvalue weighted by Gasteiger charge is -2.01. The molecule has 0 amide bonds. The van der Waals surface area contributed by atoms with E-state index in [0.29, 0.717) is 0 Å². The van der Waals surface area contributed by atoms with Crippen molar-refractivity contribution in [1.82, 2.24) is 15.1 Å². The fourth-order valence-electron chi connectivity index (χ4n) is 1.33. The highest BCUT2D eigenvalue weighted by molar-refractivity contribution is 5.03. The highest BCUT2D eigenvalue weighted by atomic mass is 16.5. The predicted octanol–water partition coefficient (Wildman–Crippen LogP) is 1.42. The minimum absolute atomic E-state index is 0.736. The van der Waals surface area contributed by atoms with Crippen molar-refractivity contribution >= 4 is 0 Å². The lowest BCUT2D eigenvalue weighted by molar-refractivity contribution is 0.136. The lowest BCUT2D eigenvalue weighted by atomic mass is 10.3. The van der Waals surface area contributed by atoms with Crippen LogP contribution in [-0.4, -0.2) is 29.5 Å². The van der Waals surface area contributed by atoms with Gasteiger partial charge in [0, 0.05) is 24.9 Å². The average Bonchev–Trinajstić information content (AvgIpc) is 2.67. The Morgan fingerprint density at radius 2 is 2.33 bits per heavy atom. The van der Waals surface area contributed by atoms with Gasteiger partial charge in [0.2, 0.25) is 0 Å². The predicted molar refractivity (Wildman–Crippen MR) is 60.7 cm³/mol. The van der Waals surface area contributed by atoms with Gasteiger partial charge in [-0.15, -0.1) is 0 Å². The molecule has 86 valence electrons. The first-order valence-electron chi connectivity index (χ1n) is 5.66. The molecule has 15 heavy (non-hydrogen) atoms.